The van der Waals surface area contributed by atoms with Crippen LogP contribution in [0.15, 0.2) is 36.4 Å². The minimum absolute atomic E-state index is 0.411. The molecule has 0 spiro atoms. The van der Waals surface area contributed by atoms with E-state index in [1.165, 1.54) is 6.08 Å². The summed E-state index contributed by atoms with van der Waals surface area (Å²) < 4.78 is 5.12. The second-order valence-corrected chi connectivity index (χ2v) is 3.02. The van der Waals surface area contributed by atoms with E-state index in [-0.39, 0.29) is 0 Å². The van der Waals surface area contributed by atoms with Gasteiger partial charge in [0, 0.05) is 11.6 Å². The van der Waals surface area contributed by atoms with E-state index in [9.17, 15) is 5.11 Å². The number of aliphatic hydroxyl groups is 1. The predicted molar refractivity (Wildman–Crippen MR) is 57.3 cm³/mol. The lowest BCUT2D eigenvalue weighted by atomic mass is 10.1. The maximum absolute atomic E-state index is 9.82. The predicted octanol–water partition coefficient (Wildman–Crippen LogP) is 2.20. The van der Waals surface area contributed by atoms with Crippen LogP contribution in [0.3, 0.4) is 0 Å². The molecule has 1 atom stereocenters. The molecule has 1 N–H and O–H groups in total. The van der Waals surface area contributed by atoms with Gasteiger partial charge in [-0.15, -0.1) is 0 Å². The maximum Gasteiger partial charge on any atom is 0.124 e. The van der Waals surface area contributed by atoms with Gasteiger partial charge in [-0.1, -0.05) is 24.3 Å². The molecule has 0 aliphatic rings. The number of hydrogen-bond acceptors (Lipinski definition) is 3. The molecular formula is C12H13NO2. The average molecular weight is 203 g/mol. The summed E-state index contributed by atoms with van der Waals surface area (Å²) in [5, 5.41) is 18.1. The quantitative estimate of drug-likeness (QED) is 0.763. The smallest absolute Gasteiger partial charge is 0.124 e. The van der Waals surface area contributed by atoms with Crippen LogP contribution in [0.5, 0.6) is 5.75 Å². The Kier molecular flexibility index (Phi) is 4.39. The van der Waals surface area contributed by atoms with Gasteiger partial charge in [-0.3, -0.25) is 0 Å². The molecule has 0 aromatic heterocycles. The first-order valence-electron chi connectivity index (χ1n) is 4.65. The van der Waals surface area contributed by atoms with E-state index in [0.717, 1.165) is 5.56 Å². The van der Waals surface area contributed by atoms with Crippen molar-refractivity contribution in [2.75, 3.05) is 7.11 Å². The zero-order chi connectivity index (χ0) is 11.1. The molecule has 0 unspecified atom stereocenters. The zero-order valence-corrected chi connectivity index (χ0v) is 8.55. The monoisotopic (exact) mass is 203 g/mol. The highest BCUT2D eigenvalue weighted by atomic mass is 16.5. The normalized spacial score (nSPS) is 12.3. The molecule has 0 saturated carbocycles. The Hall–Kier alpha value is -1.79. The Bertz CT molecular complexity index is 379. The number of nitriles is 1. The van der Waals surface area contributed by atoms with Crippen molar-refractivity contribution in [2.24, 2.45) is 0 Å². The SMILES string of the molecule is COc1ccccc1[C@@H](O)C/C=C\C#N. The van der Waals surface area contributed by atoms with E-state index in [1.54, 1.807) is 19.3 Å². The first-order chi connectivity index (χ1) is 7.29. The van der Waals surface area contributed by atoms with Gasteiger partial charge >= 0.3 is 0 Å². The third-order valence-electron chi connectivity index (χ3n) is 2.05. The summed E-state index contributed by atoms with van der Waals surface area (Å²) in [5.74, 6) is 0.662. The Balaban J connectivity index is 2.77. The summed E-state index contributed by atoms with van der Waals surface area (Å²) in [7, 11) is 1.57. The molecule has 1 aromatic rings. The molecule has 0 saturated heterocycles. The second-order valence-electron chi connectivity index (χ2n) is 3.02. The lowest BCUT2D eigenvalue weighted by molar-refractivity contribution is 0.177. The molecule has 0 radical (unpaired) electrons. The highest BCUT2D eigenvalue weighted by Crippen LogP contribution is 2.26. The molecule has 0 amide bonds. The summed E-state index contributed by atoms with van der Waals surface area (Å²) >= 11 is 0. The van der Waals surface area contributed by atoms with Crippen LogP contribution in [0.1, 0.15) is 18.1 Å². The van der Waals surface area contributed by atoms with E-state index in [0.29, 0.717) is 12.2 Å². The summed E-state index contributed by atoms with van der Waals surface area (Å²) in [6.45, 7) is 0. The summed E-state index contributed by atoms with van der Waals surface area (Å²) in [6.07, 6.45) is 2.77. The third kappa shape index (κ3) is 3.12. The molecule has 1 rings (SSSR count). The highest BCUT2D eigenvalue weighted by molar-refractivity contribution is 5.35. The van der Waals surface area contributed by atoms with Gasteiger partial charge in [0.15, 0.2) is 0 Å². The van der Waals surface area contributed by atoms with Crippen molar-refractivity contribution in [3.63, 3.8) is 0 Å². The lowest BCUT2D eigenvalue weighted by Crippen LogP contribution is -1.99. The van der Waals surface area contributed by atoms with Crippen LogP contribution in [-0.4, -0.2) is 12.2 Å². The number of benzene rings is 1. The molecule has 15 heavy (non-hydrogen) atoms. The Morgan fingerprint density at radius 2 is 2.27 bits per heavy atom. The van der Waals surface area contributed by atoms with Crippen LogP contribution in [-0.2, 0) is 0 Å². The molecular weight excluding hydrogens is 190 g/mol. The van der Waals surface area contributed by atoms with Crippen LogP contribution in [0, 0.1) is 11.3 Å². The second kappa shape index (κ2) is 5.84. The Morgan fingerprint density at radius 1 is 1.53 bits per heavy atom. The van der Waals surface area contributed by atoms with Crippen LogP contribution in [0.2, 0.25) is 0 Å². The van der Waals surface area contributed by atoms with E-state index >= 15 is 0 Å². The van der Waals surface area contributed by atoms with Gasteiger partial charge in [-0.2, -0.15) is 5.26 Å². The fourth-order valence-electron chi connectivity index (χ4n) is 1.32. The number of hydrogen-bond donors (Lipinski definition) is 1. The van der Waals surface area contributed by atoms with Crippen molar-refractivity contribution in [3.05, 3.63) is 42.0 Å². The number of rotatable bonds is 4. The highest BCUT2D eigenvalue weighted by Gasteiger charge is 2.10. The van der Waals surface area contributed by atoms with Gasteiger partial charge in [0.1, 0.15) is 5.75 Å². The van der Waals surface area contributed by atoms with E-state index in [4.69, 9.17) is 10.00 Å². The number of methoxy groups -OCH3 is 1. The summed E-state index contributed by atoms with van der Waals surface area (Å²) in [5.41, 5.74) is 0.739. The Labute approximate surface area is 89.2 Å². The first kappa shape index (κ1) is 11.3. The van der Waals surface area contributed by atoms with Crippen molar-refractivity contribution in [1.29, 1.82) is 5.26 Å². The van der Waals surface area contributed by atoms with Gasteiger partial charge in [0.05, 0.1) is 19.3 Å². The summed E-state index contributed by atoms with van der Waals surface area (Å²) in [6, 6.07) is 9.18. The van der Waals surface area contributed by atoms with Gasteiger partial charge in [-0.25, -0.2) is 0 Å². The molecule has 1 aromatic carbocycles. The molecule has 0 heterocycles. The average Bonchev–Trinajstić information content (AvgIpc) is 2.29. The lowest BCUT2D eigenvalue weighted by Gasteiger charge is -2.12. The zero-order valence-electron chi connectivity index (χ0n) is 8.55. The van der Waals surface area contributed by atoms with Crippen molar-refractivity contribution in [3.8, 4) is 11.8 Å². The van der Waals surface area contributed by atoms with E-state index in [2.05, 4.69) is 0 Å². The topological polar surface area (TPSA) is 53.2 Å². The molecule has 0 aliphatic carbocycles. The summed E-state index contributed by atoms with van der Waals surface area (Å²) in [4.78, 5) is 0. The maximum atomic E-state index is 9.82. The van der Waals surface area contributed by atoms with Crippen LogP contribution in [0.4, 0.5) is 0 Å². The number of nitrogens with zero attached hydrogens (tertiary/aromatic N) is 1. The molecule has 3 heteroatoms. The molecule has 0 bridgehead atoms. The first-order valence-corrected chi connectivity index (χ1v) is 4.65. The van der Waals surface area contributed by atoms with Gasteiger partial charge in [0.2, 0.25) is 0 Å². The van der Waals surface area contributed by atoms with Crippen LogP contribution >= 0.6 is 0 Å². The van der Waals surface area contributed by atoms with E-state index in [1.807, 2.05) is 24.3 Å². The standard InChI is InChI=1S/C12H13NO2/c1-15-12-8-3-2-6-10(12)11(14)7-4-5-9-13/h2-6,8,11,14H,7H2,1H3/b5-4-/t11-/m0/s1. The van der Waals surface area contributed by atoms with Crippen LogP contribution in [0.25, 0.3) is 0 Å². The van der Waals surface area contributed by atoms with E-state index < -0.39 is 6.10 Å². The molecule has 78 valence electrons. The molecule has 0 fully saturated rings. The van der Waals surface area contributed by atoms with Gasteiger partial charge in [0.25, 0.3) is 0 Å². The van der Waals surface area contributed by atoms with Crippen molar-refractivity contribution >= 4 is 0 Å². The minimum Gasteiger partial charge on any atom is -0.496 e. The van der Waals surface area contributed by atoms with Crippen molar-refractivity contribution in [1.82, 2.24) is 0 Å². The number of allylic oxidation sites excluding steroid dienone is 1. The fraction of sp³-hybridized carbons (Fsp3) is 0.250. The van der Waals surface area contributed by atoms with Gasteiger partial charge in [-0.05, 0) is 12.5 Å². The largest absolute Gasteiger partial charge is 0.496 e. The number of aliphatic hydroxyl groups excluding tert-OH is 1. The number of ether oxygens (including phenoxy) is 1. The Morgan fingerprint density at radius 3 is 2.93 bits per heavy atom. The molecule has 0 aliphatic heterocycles. The van der Waals surface area contributed by atoms with Crippen molar-refractivity contribution in [2.45, 2.75) is 12.5 Å². The minimum atomic E-state index is -0.634. The van der Waals surface area contributed by atoms with Crippen molar-refractivity contribution < 1.29 is 9.84 Å². The fourth-order valence-corrected chi connectivity index (χ4v) is 1.32. The van der Waals surface area contributed by atoms with Crippen LogP contribution < -0.4 is 4.74 Å². The third-order valence-corrected chi connectivity index (χ3v) is 2.05. The van der Waals surface area contributed by atoms with Gasteiger partial charge < -0.3 is 9.84 Å². The molecule has 3 nitrogen and oxygen atoms in total. The number of para-hydroxylation sites is 1.